The average molecular weight is 338 g/mol. The van der Waals surface area contributed by atoms with Crippen LogP contribution in [0.1, 0.15) is 18.0 Å². The Hall–Kier alpha value is -0.270. The lowest BCUT2D eigenvalue weighted by Gasteiger charge is -2.19. The fourth-order valence-corrected chi connectivity index (χ4v) is 2.85. The van der Waals surface area contributed by atoms with E-state index in [0.29, 0.717) is 5.56 Å². The molecule has 2 N–H and O–H groups in total. The maximum atomic E-state index is 13.5. The maximum Gasteiger partial charge on any atom is 0.130 e. The lowest BCUT2D eigenvalue weighted by molar-refractivity contribution is 0.435. The van der Waals surface area contributed by atoms with Gasteiger partial charge in [0, 0.05) is 53.6 Å². The van der Waals surface area contributed by atoms with Crippen molar-refractivity contribution in [1.82, 2.24) is 3.11 Å². The van der Waals surface area contributed by atoms with Gasteiger partial charge in [-0.2, -0.15) is 0 Å². The minimum Gasteiger partial charge on any atom is -0.324 e. The Kier molecular flexibility index (Phi) is 3.76. The van der Waals surface area contributed by atoms with Crippen molar-refractivity contribution in [3.05, 3.63) is 35.4 Å². The number of hydrogen-bond acceptors (Lipinski definition) is 2. The first-order valence-corrected chi connectivity index (χ1v) is 6.15. The summed E-state index contributed by atoms with van der Waals surface area (Å²) in [4.78, 5) is 0. The van der Waals surface area contributed by atoms with Crippen molar-refractivity contribution in [2.75, 3.05) is 13.1 Å². The highest BCUT2D eigenvalue weighted by atomic mass is 127. The molecule has 1 heterocycles. The molecule has 0 aromatic heterocycles. The number of halogens is 3. The van der Waals surface area contributed by atoms with Gasteiger partial charge in [-0.25, -0.2) is 11.9 Å². The molecule has 1 fully saturated rings. The smallest absolute Gasteiger partial charge is 0.130 e. The Bertz CT molecular complexity index is 386. The largest absolute Gasteiger partial charge is 0.324 e. The molecule has 1 saturated heterocycles. The van der Waals surface area contributed by atoms with Crippen molar-refractivity contribution in [2.24, 2.45) is 11.7 Å². The van der Waals surface area contributed by atoms with E-state index in [1.807, 2.05) is 0 Å². The van der Waals surface area contributed by atoms with Crippen LogP contribution in [-0.2, 0) is 0 Å². The summed E-state index contributed by atoms with van der Waals surface area (Å²) in [6.07, 6.45) is 0.959. The predicted octanol–water partition coefficient (Wildman–Crippen LogP) is 2.64. The van der Waals surface area contributed by atoms with Gasteiger partial charge in [-0.05, 0) is 18.4 Å². The zero-order chi connectivity index (χ0) is 11.7. The van der Waals surface area contributed by atoms with Crippen molar-refractivity contribution >= 4 is 22.9 Å². The molecule has 0 spiro atoms. The Morgan fingerprint density at radius 1 is 1.44 bits per heavy atom. The summed E-state index contributed by atoms with van der Waals surface area (Å²) in [5.41, 5.74) is 6.44. The first kappa shape index (κ1) is 12.2. The standard InChI is InChI=1S/C11H13F2IN2/c12-8-1-2-9(10(13)5-8)11(15)7-3-4-16(14)6-7/h1-2,5,7,11H,3-4,6,15H2. The maximum absolute atomic E-state index is 13.5. The van der Waals surface area contributed by atoms with Crippen LogP contribution in [0.3, 0.4) is 0 Å². The first-order chi connectivity index (χ1) is 7.58. The molecular weight excluding hydrogens is 325 g/mol. The quantitative estimate of drug-likeness (QED) is 0.664. The first-order valence-electron chi connectivity index (χ1n) is 5.19. The van der Waals surface area contributed by atoms with Crippen molar-refractivity contribution in [3.8, 4) is 0 Å². The summed E-state index contributed by atoms with van der Waals surface area (Å²) in [5, 5.41) is 0. The fourth-order valence-electron chi connectivity index (χ4n) is 2.06. The van der Waals surface area contributed by atoms with Gasteiger partial charge in [0.2, 0.25) is 0 Å². The lowest BCUT2D eigenvalue weighted by atomic mass is 9.93. The molecule has 2 atom stereocenters. The highest BCUT2D eigenvalue weighted by molar-refractivity contribution is 14.1. The van der Waals surface area contributed by atoms with E-state index < -0.39 is 11.6 Å². The van der Waals surface area contributed by atoms with Crippen LogP contribution in [0, 0.1) is 17.6 Å². The van der Waals surface area contributed by atoms with E-state index in [1.165, 1.54) is 12.1 Å². The zero-order valence-electron chi connectivity index (χ0n) is 8.67. The van der Waals surface area contributed by atoms with Crippen molar-refractivity contribution in [3.63, 3.8) is 0 Å². The molecule has 1 aromatic rings. The molecule has 2 rings (SSSR count). The van der Waals surface area contributed by atoms with Crippen molar-refractivity contribution in [2.45, 2.75) is 12.5 Å². The third kappa shape index (κ3) is 2.52. The minimum absolute atomic E-state index is 0.247. The molecule has 0 radical (unpaired) electrons. The summed E-state index contributed by atoms with van der Waals surface area (Å²) < 4.78 is 28.4. The highest BCUT2D eigenvalue weighted by Gasteiger charge is 2.28. The van der Waals surface area contributed by atoms with Crippen LogP contribution in [0.4, 0.5) is 8.78 Å². The van der Waals surface area contributed by atoms with Gasteiger partial charge in [0.1, 0.15) is 11.6 Å². The predicted molar refractivity (Wildman–Crippen MR) is 67.0 cm³/mol. The van der Waals surface area contributed by atoms with Crippen molar-refractivity contribution in [1.29, 1.82) is 0 Å². The van der Waals surface area contributed by atoms with Gasteiger partial charge in [-0.3, -0.25) is 0 Å². The Balaban J connectivity index is 2.17. The average Bonchev–Trinajstić information content (AvgIpc) is 2.64. The summed E-state index contributed by atoms with van der Waals surface area (Å²) in [6, 6.07) is 3.26. The van der Waals surface area contributed by atoms with Crippen LogP contribution in [0.25, 0.3) is 0 Å². The topological polar surface area (TPSA) is 29.3 Å². The number of rotatable bonds is 2. The molecule has 0 amide bonds. The molecule has 0 saturated carbocycles. The fraction of sp³-hybridized carbons (Fsp3) is 0.455. The van der Waals surface area contributed by atoms with E-state index in [4.69, 9.17) is 5.73 Å². The Morgan fingerprint density at radius 2 is 2.19 bits per heavy atom. The third-order valence-electron chi connectivity index (χ3n) is 3.00. The molecule has 0 aliphatic carbocycles. The molecule has 1 aliphatic heterocycles. The van der Waals surface area contributed by atoms with Crippen LogP contribution < -0.4 is 5.73 Å². The van der Waals surface area contributed by atoms with Crippen LogP contribution in [0.5, 0.6) is 0 Å². The monoisotopic (exact) mass is 338 g/mol. The molecule has 1 aliphatic rings. The molecule has 88 valence electrons. The molecule has 2 nitrogen and oxygen atoms in total. The van der Waals surface area contributed by atoms with Gasteiger partial charge >= 0.3 is 0 Å². The second-order valence-corrected chi connectivity index (χ2v) is 5.47. The lowest BCUT2D eigenvalue weighted by Crippen LogP contribution is -2.24. The highest BCUT2D eigenvalue weighted by Crippen LogP contribution is 2.31. The molecule has 16 heavy (non-hydrogen) atoms. The molecule has 1 aromatic carbocycles. The van der Waals surface area contributed by atoms with E-state index in [-0.39, 0.29) is 12.0 Å². The van der Waals surface area contributed by atoms with Crippen LogP contribution in [0.15, 0.2) is 18.2 Å². The molecule has 5 heteroatoms. The van der Waals surface area contributed by atoms with E-state index in [0.717, 1.165) is 25.6 Å². The third-order valence-corrected chi connectivity index (χ3v) is 3.88. The number of benzene rings is 1. The summed E-state index contributed by atoms with van der Waals surface area (Å²) in [6.45, 7) is 1.83. The number of nitrogens with two attached hydrogens (primary N) is 1. The van der Waals surface area contributed by atoms with Gasteiger partial charge < -0.3 is 5.73 Å². The summed E-state index contributed by atoms with van der Waals surface area (Å²) in [5.74, 6) is -0.855. The van der Waals surface area contributed by atoms with E-state index >= 15 is 0 Å². The summed E-state index contributed by atoms with van der Waals surface area (Å²) >= 11 is 2.24. The number of hydrogen-bond donors (Lipinski definition) is 1. The molecule has 0 bridgehead atoms. The van der Waals surface area contributed by atoms with Crippen molar-refractivity contribution < 1.29 is 8.78 Å². The molecule has 2 unspecified atom stereocenters. The van der Waals surface area contributed by atoms with Gasteiger partial charge in [0.15, 0.2) is 0 Å². The number of nitrogens with zero attached hydrogens (tertiary/aromatic N) is 1. The van der Waals surface area contributed by atoms with Gasteiger partial charge in [-0.1, -0.05) is 6.07 Å². The van der Waals surface area contributed by atoms with Gasteiger partial charge in [0.05, 0.1) is 0 Å². The van der Waals surface area contributed by atoms with Gasteiger partial charge in [0.25, 0.3) is 0 Å². The molecular formula is C11H13F2IN2. The normalized spacial score (nSPS) is 23.6. The Morgan fingerprint density at radius 3 is 2.75 bits per heavy atom. The van der Waals surface area contributed by atoms with E-state index in [1.54, 1.807) is 0 Å². The van der Waals surface area contributed by atoms with E-state index in [9.17, 15) is 8.78 Å². The van der Waals surface area contributed by atoms with E-state index in [2.05, 4.69) is 26.0 Å². The second kappa shape index (κ2) is 4.93. The van der Waals surface area contributed by atoms with Gasteiger partial charge in [-0.15, -0.1) is 0 Å². The minimum atomic E-state index is -0.560. The van der Waals surface area contributed by atoms with Crippen LogP contribution in [0.2, 0.25) is 0 Å². The zero-order valence-corrected chi connectivity index (χ0v) is 10.8. The Labute approximate surface area is 107 Å². The van der Waals surface area contributed by atoms with Crippen LogP contribution >= 0.6 is 22.9 Å². The summed E-state index contributed by atoms with van der Waals surface area (Å²) in [7, 11) is 0. The second-order valence-electron chi connectivity index (χ2n) is 4.11. The van der Waals surface area contributed by atoms with Crippen LogP contribution in [-0.4, -0.2) is 16.2 Å². The SMILES string of the molecule is NC(c1ccc(F)cc1F)C1CCN(I)C1.